The molecule has 0 bridgehead atoms. The SMILES string of the molecule is COc1ccc2c(c1)OCCN(Cc1cnc(-c3cnn(C)c3)nc1)C2. The molecule has 0 unspecified atom stereocenters. The molecule has 0 N–H and O–H groups in total. The predicted molar refractivity (Wildman–Crippen MR) is 96.8 cm³/mol. The van der Waals surface area contributed by atoms with Crippen molar-refractivity contribution >= 4 is 0 Å². The van der Waals surface area contributed by atoms with Gasteiger partial charge in [0.05, 0.1) is 18.9 Å². The zero-order valence-electron chi connectivity index (χ0n) is 14.9. The van der Waals surface area contributed by atoms with E-state index in [1.165, 1.54) is 0 Å². The van der Waals surface area contributed by atoms with Crippen molar-refractivity contribution in [2.45, 2.75) is 13.1 Å². The molecule has 0 atom stereocenters. The predicted octanol–water partition coefficient (Wildman–Crippen LogP) is 2.28. The summed E-state index contributed by atoms with van der Waals surface area (Å²) in [6.45, 7) is 3.10. The van der Waals surface area contributed by atoms with Crippen molar-refractivity contribution in [3.63, 3.8) is 0 Å². The van der Waals surface area contributed by atoms with Crippen molar-refractivity contribution in [2.75, 3.05) is 20.3 Å². The van der Waals surface area contributed by atoms with Crippen LogP contribution >= 0.6 is 0 Å². The molecule has 134 valence electrons. The summed E-state index contributed by atoms with van der Waals surface area (Å²) < 4.78 is 12.9. The van der Waals surface area contributed by atoms with E-state index in [4.69, 9.17) is 9.47 Å². The van der Waals surface area contributed by atoms with E-state index >= 15 is 0 Å². The van der Waals surface area contributed by atoms with Crippen molar-refractivity contribution in [1.29, 1.82) is 0 Å². The van der Waals surface area contributed by atoms with E-state index < -0.39 is 0 Å². The van der Waals surface area contributed by atoms with Gasteiger partial charge in [-0.05, 0) is 6.07 Å². The molecule has 0 fully saturated rings. The van der Waals surface area contributed by atoms with Crippen LogP contribution in [0, 0.1) is 0 Å². The van der Waals surface area contributed by atoms with E-state index in [-0.39, 0.29) is 0 Å². The van der Waals surface area contributed by atoms with Gasteiger partial charge in [0, 0.05) is 62.5 Å². The standard InChI is InChI=1S/C19H21N5O2/c1-23-12-16(10-22-23)19-20-8-14(9-21-19)11-24-5-6-26-18-7-17(25-2)4-3-15(18)13-24/h3-4,7-10,12H,5-6,11,13H2,1-2H3. The summed E-state index contributed by atoms with van der Waals surface area (Å²) in [6, 6.07) is 5.98. The largest absolute Gasteiger partial charge is 0.497 e. The van der Waals surface area contributed by atoms with E-state index in [1.807, 2.05) is 37.8 Å². The molecule has 2 aromatic heterocycles. The Morgan fingerprint density at radius 2 is 2.04 bits per heavy atom. The van der Waals surface area contributed by atoms with Crippen LogP contribution in [-0.2, 0) is 20.1 Å². The number of methoxy groups -OCH3 is 1. The number of nitrogens with zero attached hydrogens (tertiary/aromatic N) is 5. The molecule has 0 saturated carbocycles. The molecule has 1 aliphatic heterocycles. The summed E-state index contributed by atoms with van der Waals surface area (Å²) in [5.74, 6) is 2.41. The molecule has 7 heteroatoms. The molecule has 26 heavy (non-hydrogen) atoms. The Balaban J connectivity index is 1.46. The Labute approximate surface area is 152 Å². The number of benzene rings is 1. The number of aromatic nitrogens is 4. The van der Waals surface area contributed by atoms with Crippen molar-refractivity contribution in [3.8, 4) is 22.9 Å². The molecule has 0 radical (unpaired) electrons. The number of rotatable bonds is 4. The topological polar surface area (TPSA) is 65.3 Å². The van der Waals surface area contributed by atoms with Crippen molar-refractivity contribution < 1.29 is 9.47 Å². The lowest BCUT2D eigenvalue weighted by Crippen LogP contribution is -2.25. The van der Waals surface area contributed by atoms with Crippen LogP contribution < -0.4 is 9.47 Å². The maximum absolute atomic E-state index is 5.88. The number of fused-ring (bicyclic) bond motifs is 1. The Morgan fingerprint density at radius 3 is 2.77 bits per heavy atom. The van der Waals surface area contributed by atoms with Gasteiger partial charge in [0.15, 0.2) is 5.82 Å². The molecule has 7 nitrogen and oxygen atoms in total. The van der Waals surface area contributed by atoms with Gasteiger partial charge in [0.2, 0.25) is 0 Å². The highest BCUT2D eigenvalue weighted by Crippen LogP contribution is 2.28. The first kappa shape index (κ1) is 16.5. The third-order valence-electron chi connectivity index (χ3n) is 4.41. The van der Waals surface area contributed by atoms with E-state index in [0.29, 0.717) is 12.4 Å². The third kappa shape index (κ3) is 3.52. The summed E-state index contributed by atoms with van der Waals surface area (Å²) in [7, 11) is 3.55. The summed E-state index contributed by atoms with van der Waals surface area (Å²) >= 11 is 0. The minimum Gasteiger partial charge on any atom is -0.497 e. The highest BCUT2D eigenvalue weighted by molar-refractivity contribution is 5.51. The summed E-state index contributed by atoms with van der Waals surface area (Å²) in [5.41, 5.74) is 3.16. The Bertz CT molecular complexity index is 891. The molecule has 4 rings (SSSR count). The molecule has 3 heterocycles. The maximum Gasteiger partial charge on any atom is 0.162 e. The first-order valence-electron chi connectivity index (χ1n) is 8.53. The van der Waals surface area contributed by atoms with Crippen LogP contribution in [0.15, 0.2) is 43.0 Å². The van der Waals surface area contributed by atoms with E-state index in [9.17, 15) is 0 Å². The molecule has 0 spiro atoms. The minimum atomic E-state index is 0.648. The third-order valence-corrected chi connectivity index (χ3v) is 4.41. The van der Waals surface area contributed by atoms with Crippen LogP contribution in [0.3, 0.4) is 0 Å². The van der Waals surface area contributed by atoms with E-state index in [1.54, 1.807) is 18.0 Å². The second-order valence-corrected chi connectivity index (χ2v) is 6.35. The molecule has 1 aromatic carbocycles. The normalized spacial score (nSPS) is 14.4. The summed E-state index contributed by atoms with van der Waals surface area (Å²) in [5, 5.41) is 4.16. The van der Waals surface area contributed by atoms with Gasteiger partial charge < -0.3 is 9.47 Å². The van der Waals surface area contributed by atoms with Gasteiger partial charge >= 0.3 is 0 Å². The lowest BCUT2D eigenvalue weighted by molar-refractivity contribution is 0.219. The van der Waals surface area contributed by atoms with E-state index in [2.05, 4.69) is 26.0 Å². The van der Waals surface area contributed by atoms with E-state index in [0.717, 1.165) is 47.8 Å². The fourth-order valence-corrected chi connectivity index (χ4v) is 3.05. The lowest BCUT2D eigenvalue weighted by atomic mass is 10.1. The maximum atomic E-state index is 5.88. The molecule has 1 aliphatic rings. The number of ether oxygens (including phenoxy) is 2. The Kier molecular flexibility index (Phi) is 4.53. The first-order valence-corrected chi connectivity index (χ1v) is 8.53. The van der Waals surface area contributed by atoms with Crippen molar-refractivity contribution in [3.05, 3.63) is 54.1 Å². The molecule has 0 aliphatic carbocycles. The van der Waals surface area contributed by atoms with Crippen LogP contribution in [0.5, 0.6) is 11.5 Å². The van der Waals surface area contributed by atoms with Crippen molar-refractivity contribution in [2.24, 2.45) is 7.05 Å². The van der Waals surface area contributed by atoms with Gasteiger partial charge in [-0.1, -0.05) is 6.07 Å². The van der Waals surface area contributed by atoms with Gasteiger partial charge in [-0.2, -0.15) is 5.10 Å². The average molecular weight is 351 g/mol. The molecule has 0 amide bonds. The highest BCUT2D eigenvalue weighted by Gasteiger charge is 2.16. The minimum absolute atomic E-state index is 0.648. The summed E-state index contributed by atoms with van der Waals surface area (Å²) in [4.78, 5) is 11.3. The monoisotopic (exact) mass is 351 g/mol. The molecular weight excluding hydrogens is 330 g/mol. The quantitative estimate of drug-likeness (QED) is 0.718. The van der Waals surface area contributed by atoms with Crippen molar-refractivity contribution in [1.82, 2.24) is 24.6 Å². The highest BCUT2D eigenvalue weighted by atomic mass is 16.5. The smallest absolute Gasteiger partial charge is 0.162 e. The van der Waals surface area contributed by atoms with Crippen LogP contribution in [0.2, 0.25) is 0 Å². The second-order valence-electron chi connectivity index (χ2n) is 6.35. The first-order chi connectivity index (χ1) is 12.7. The van der Waals surface area contributed by atoms with Gasteiger partial charge in [-0.3, -0.25) is 9.58 Å². The molecule has 3 aromatic rings. The zero-order valence-corrected chi connectivity index (χ0v) is 14.9. The van der Waals surface area contributed by atoms with Gasteiger partial charge in [0.25, 0.3) is 0 Å². The fraction of sp³-hybridized carbons (Fsp3) is 0.316. The molecular formula is C19H21N5O2. The number of aryl methyl sites for hydroxylation is 1. The van der Waals surface area contributed by atoms with Crippen LogP contribution in [0.4, 0.5) is 0 Å². The van der Waals surface area contributed by atoms with Gasteiger partial charge in [0.1, 0.15) is 18.1 Å². The number of hydrogen-bond acceptors (Lipinski definition) is 6. The lowest BCUT2D eigenvalue weighted by Gasteiger charge is -2.19. The Hall–Kier alpha value is -2.93. The van der Waals surface area contributed by atoms with Gasteiger partial charge in [-0.25, -0.2) is 9.97 Å². The fourth-order valence-electron chi connectivity index (χ4n) is 3.05. The van der Waals surface area contributed by atoms with Crippen LogP contribution in [0.1, 0.15) is 11.1 Å². The molecule has 0 saturated heterocycles. The van der Waals surface area contributed by atoms with Crippen LogP contribution in [0.25, 0.3) is 11.4 Å². The number of hydrogen-bond donors (Lipinski definition) is 0. The average Bonchev–Trinajstić information content (AvgIpc) is 2.99. The van der Waals surface area contributed by atoms with Gasteiger partial charge in [-0.15, -0.1) is 0 Å². The van der Waals surface area contributed by atoms with Crippen LogP contribution in [-0.4, -0.2) is 44.9 Å². The summed E-state index contributed by atoms with van der Waals surface area (Å²) in [6.07, 6.45) is 7.45. The second kappa shape index (κ2) is 7.13. The zero-order chi connectivity index (χ0) is 17.9. The Morgan fingerprint density at radius 1 is 1.19 bits per heavy atom.